The van der Waals surface area contributed by atoms with Gasteiger partial charge in [-0.2, -0.15) is 17.9 Å². The zero-order valence-electron chi connectivity index (χ0n) is 16.6. The van der Waals surface area contributed by atoms with Crippen LogP contribution < -0.4 is 16.9 Å². The summed E-state index contributed by atoms with van der Waals surface area (Å²) in [5.41, 5.74) is 5.76. The number of rotatable bonds is 4. The second-order valence-electron chi connectivity index (χ2n) is 5.23. The van der Waals surface area contributed by atoms with Gasteiger partial charge in [0.1, 0.15) is 27.2 Å². The van der Waals surface area contributed by atoms with Gasteiger partial charge in [0.05, 0.1) is 24.0 Å². The van der Waals surface area contributed by atoms with Gasteiger partial charge in [0, 0.05) is 49.6 Å². The molecule has 29 heavy (non-hydrogen) atoms. The van der Waals surface area contributed by atoms with E-state index in [4.69, 9.17) is 35.5 Å². The molecule has 2 aromatic rings. The molecule has 0 bridgehead atoms. The maximum absolute atomic E-state index is 8.26. The summed E-state index contributed by atoms with van der Waals surface area (Å²) < 4.78 is 10.3. The van der Waals surface area contributed by atoms with Crippen molar-refractivity contribution in [1.29, 1.82) is 5.26 Å². The molecule has 12 heteroatoms. The summed E-state index contributed by atoms with van der Waals surface area (Å²) in [4.78, 5) is 12.1. The molecule has 151 valence electrons. The number of nitriles is 1. The number of thioether (sulfide) groups is 1. The molecular weight excluding hydrogens is 443 g/mol. The molecule has 4 radical (unpaired) electrons. The summed E-state index contributed by atoms with van der Waals surface area (Å²) in [6.45, 7) is 5.08. The summed E-state index contributed by atoms with van der Waals surface area (Å²) in [5.74, 6) is 4.19. The normalized spacial score (nSPS) is 11.6. The molecule has 0 amide bonds. The Bertz CT molecular complexity index is 806. The van der Waals surface area contributed by atoms with Gasteiger partial charge in [-0.05, 0) is 0 Å². The summed E-state index contributed by atoms with van der Waals surface area (Å²) in [7, 11) is 11.0. The van der Waals surface area contributed by atoms with Crippen LogP contribution in [0.5, 0.6) is 0 Å². The molecule has 0 fully saturated rings. The Morgan fingerprint density at radius 1 is 1.21 bits per heavy atom. The topological polar surface area (TPSA) is 114 Å². The van der Waals surface area contributed by atoms with Crippen molar-refractivity contribution in [2.24, 2.45) is 10.7 Å². The summed E-state index contributed by atoms with van der Waals surface area (Å²) in [6, 6.07) is 1.92. The van der Waals surface area contributed by atoms with Gasteiger partial charge in [-0.3, -0.25) is 4.99 Å². The number of nitrogens with zero attached hydrogens (tertiary/aromatic N) is 4. The minimum absolute atomic E-state index is 0.187. The van der Waals surface area contributed by atoms with Crippen LogP contribution in [0.3, 0.4) is 0 Å². The van der Waals surface area contributed by atoms with Crippen molar-refractivity contribution in [2.45, 2.75) is 26.7 Å². The average Bonchev–Trinajstić information content (AvgIpc) is 3.40. The molecule has 0 spiro atoms. The van der Waals surface area contributed by atoms with E-state index in [0.29, 0.717) is 41.7 Å². The molecule has 0 unspecified atom stereocenters. The molecule has 0 atom stereocenters. The molecule has 2 N–H and O–H groups in total. The fraction of sp³-hybridized carbons (Fsp3) is 0.471. The first-order chi connectivity index (χ1) is 13.9. The van der Waals surface area contributed by atoms with Crippen molar-refractivity contribution in [3.63, 3.8) is 0 Å². The van der Waals surface area contributed by atoms with Crippen molar-refractivity contribution in [3.05, 3.63) is 23.3 Å². The Morgan fingerprint density at radius 3 is 2.07 bits per heavy atom. The van der Waals surface area contributed by atoms with E-state index in [1.165, 1.54) is 0 Å². The number of aromatic nitrogens is 2. The molecule has 7 nitrogen and oxygen atoms in total. The van der Waals surface area contributed by atoms with Crippen LogP contribution in [0, 0.1) is 25.2 Å². The molecule has 2 aromatic heterocycles. The van der Waals surface area contributed by atoms with Crippen LogP contribution >= 0.6 is 24.4 Å². The van der Waals surface area contributed by atoms with Crippen molar-refractivity contribution in [3.8, 4) is 6.07 Å². The predicted octanol–water partition coefficient (Wildman–Crippen LogP) is 0.148. The van der Waals surface area contributed by atoms with E-state index in [1.54, 1.807) is 25.6 Å². The van der Waals surface area contributed by atoms with Crippen LogP contribution in [0.2, 0.25) is 0 Å². The van der Waals surface area contributed by atoms with Gasteiger partial charge in [-0.15, -0.1) is 11.8 Å². The molecule has 3 heterocycles. The van der Waals surface area contributed by atoms with E-state index in [2.05, 4.69) is 49.8 Å². The zero-order valence-corrected chi connectivity index (χ0v) is 19.7. The van der Waals surface area contributed by atoms with Gasteiger partial charge >= 0.3 is 22.2 Å². The molecular formula is C17H23B2N5O2S2V. The van der Waals surface area contributed by atoms with Crippen LogP contribution in [0.1, 0.15) is 23.3 Å². The molecule has 3 rings (SSSR count). The first-order valence-corrected chi connectivity index (χ1v) is 11.1. The molecule has 0 saturated carbocycles. The molecule has 0 aromatic carbocycles. The SMILES string of the molecule is NCCS.[B]c1nc(C)oc1CC#N.[B]c1nc(C)oc1CC1=NCCS1.[CH2]=[V]. The number of nitrogens with two attached hydrogens (primary N) is 1. The third-order valence-electron chi connectivity index (χ3n) is 3.00. The number of thiol groups is 1. The summed E-state index contributed by atoms with van der Waals surface area (Å²) in [6.07, 6.45) is 0.879. The molecule has 1 aliphatic rings. The van der Waals surface area contributed by atoms with E-state index < -0.39 is 0 Å². The quantitative estimate of drug-likeness (QED) is 0.487. The monoisotopic (exact) mass is 466 g/mol. The van der Waals surface area contributed by atoms with Gasteiger partial charge in [0.15, 0.2) is 11.8 Å². The number of oxazole rings is 2. The third-order valence-corrected chi connectivity index (χ3v) is 4.25. The Balaban J connectivity index is 0.000000436. The van der Waals surface area contributed by atoms with Crippen molar-refractivity contribution >= 4 is 61.5 Å². The predicted molar refractivity (Wildman–Crippen MR) is 121 cm³/mol. The Morgan fingerprint density at radius 2 is 1.72 bits per heavy atom. The van der Waals surface area contributed by atoms with Gasteiger partial charge in [0.2, 0.25) is 0 Å². The number of hydrogen-bond donors (Lipinski definition) is 2. The van der Waals surface area contributed by atoms with Crippen LogP contribution in [0.4, 0.5) is 0 Å². The van der Waals surface area contributed by atoms with Gasteiger partial charge < -0.3 is 14.6 Å². The van der Waals surface area contributed by atoms with E-state index in [1.807, 2.05) is 6.07 Å². The Labute approximate surface area is 193 Å². The van der Waals surface area contributed by atoms with E-state index in [-0.39, 0.29) is 6.42 Å². The van der Waals surface area contributed by atoms with E-state index >= 15 is 0 Å². The number of aryl methyl sites for hydroxylation is 2. The second kappa shape index (κ2) is 16.6. The van der Waals surface area contributed by atoms with Crippen LogP contribution in [0.25, 0.3) is 0 Å². The van der Waals surface area contributed by atoms with Gasteiger partial charge in [-0.1, -0.05) is 0 Å². The van der Waals surface area contributed by atoms with Crippen molar-refractivity contribution in [2.75, 3.05) is 24.6 Å². The van der Waals surface area contributed by atoms with Crippen molar-refractivity contribution < 1.29 is 25.8 Å². The number of hydrogen-bond acceptors (Lipinski definition) is 9. The standard InChI is InChI=1S/C8H9BN2OS.C6H5BN2O.C2H7NS.CH2.V/c1-5-11-8(9)6(12-5)4-7-10-2-3-13-7;1-4-9-6(7)5(10-4)2-3-8;3-1-2-4;;/h2-4H2,1H3;2H2,1H3;4H,1-3H2;1H2;. The molecule has 0 saturated heterocycles. The second-order valence-corrected chi connectivity index (χ2v) is 6.85. The van der Waals surface area contributed by atoms with Crippen LogP contribution in [0.15, 0.2) is 13.8 Å². The van der Waals surface area contributed by atoms with E-state index in [0.717, 1.165) is 28.9 Å². The Kier molecular flexibility index (Phi) is 15.9. The fourth-order valence-electron chi connectivity index (χ4n) is 1.92. The Hall–Kier alpha value is -1.18. The number of aliphatic imine (C=N–C) groups is 1. The minimum atomic E-state index is 0.187. The third kappa shape index (κ3) is 11.6. The molecule has 0 aliphatic carbocycles. The van der Waals surface area contributed by atoms with Crippen molar-refractivity contribution in [1.82, 2.24) is 9.97 Å². The first kappa shape index (κ1) is 27.8. The summed E-state index contributed by atoms with van der Waals surface area (Å²) in [5, 5.41) is 12.5. The maximum atomic E-state index is 8.26. The first-order valence-electron chi connectivity index (χ1n) is 8.50. The zero-order chi connectivity index (χ0) is 22.2. The van der Waals surface area contributed by atoms with Crippen LogP contribution in [-0.2, 0) is 29.8 Å². The van der Waals surface area contributed by atoms with Gasteiger partial charge in [0.25, 0.3) is 0 Å². The molecule has 1 aliphatic heterocycles. The average molecular weight is 466 g/mol. The van der Waals surface area contributed by atoms with E-state index in [9.17, 15) is 0 Å². The summed E-state index contributed by atoms with van der Waals surface area (Å²) >= 11 is 7.62. The van der Waals surface area contributed by atoms with Gasteiger partial charge in [-0.25, -0.2) is 9.97 Å². The van der Waals surface area contributed by atoms with Crippen LogP contribution in [-0.4, -0.2) is 60.5 Å². The fourth-order valence-corrected chi connectivity index (χ4v) is 2.75.